The lowest BCUT2D eigenvalue weighted by atomic mass is 9.98. The lowest BCUT2D eigenvalue weighted by molar-refractivity contribution is -0.384. The smallest absolute Gasteiger partial charge is 0.293 e. The minimum Gasteiger partial charge on any atom is -0.379 e. The number of nitrogens with zero attached hydrogens (tertiary/aromatic N) is 1. The number of hydrogen-bond acceptors (Lipinski definition) is 6. The first-order valence-corrected chi connectivity index (χ1v) is 7.18. The Kier molecular flexibility index (Phi) is 5.00. The number of rotatable bonds is 5. The Balaban J connectivity index is 2.04. The highest BCUT2D eigenvalue weighted by Gasteiger charge is 2.17. The van der Waals surface area contributed by atoms with Crippen molar-refractivity contribution in [3.8, 4) is 0 Å². The lowest BCUT2D eigenvalue weighted by Gasteiger charge is -2.23. The van der Waals surface area contributed by atoms with Gasteiger partial charge in [-0.3, -0.25) is 15.3 Å². The van der Waals surface area contributed by atoms with Gasteiger partial charge < -0.3 is 10.6 Å². The minimum atomic E-state index is -0.371. The van der Waals surface area contributed by atoms with E-state index in [1.54, 1.807) is 12.1 Å². The maximum absolute atomic E-state index is 11.0. The summed E-state index contributed by atoms with van der Waals surface area (Å²) in [6, 6.07) is 5.03. The van der Waals surface area contributed by atoms with Gasteiger partial charge >= 0.3 is 0 Å². The number of nitro benzene ring substituents is 1. The zero-order chi connectivity index (χ0) is 13.7. The topological polar surface area (TPSA) is 93.2 Å². The summed E-state index contributed by atoms with van der Waals surface area (Å²) in [5, 5.41) is 23.0. The number of nitrogens with two attached hydrogens (primary N) is 1. The van der Waals surface area contributed by atoms with Gasteiger partial charge in [0.05, 0.1) is 4.92 Å². The highest BCUT2D eigenvalue weighted by atomic mass is 32.2. The third kappa shape index (κ3) is 3.82. The number of hydrogen-bond donors (Lipinski definition) is 3. The molecular weight excluding hydrogens is 264 g/mol. The highest BCUT2D eigenvalue weighted by Crippen LogP contribution is 2.29. The van der Waals surface area contributed by atoms with Crippen LogP contribution in [0.3, 0.4) is 0 Å². The first-order valence-electron chi connectivity index (χ1n) is 6.30. The minimum absolute atomic E-state index is 0.0874. The predicted octanol–water partition coefficient (Wildman–Crippen LogP) is 1.97. The maximum Gasteiger partial charge on any atom is 0.293 e. The van der Waals surface area contributed by atoms with Crippen molar-refractivity contribution in [1.29, 1.82) is 0 Å². The van der Waals surface area contributed by atoms with E-state index in [0.717, 1.165) is 44.4 Å². The van der Waals surface area contributed by atoms with Crippen LogP contribution in [0.5, 0.6) is 0 Å². The number of nitro groups is 1. The quantitative estimate of drug-likeness (QED) is 0.434. The molecule has 6 nitrogen and oxygen atoms in total. The Hall–Kier alpha value is -1.31. The van der Waals surface area contributed by atoms with E-state index in [9.17, 15) is 10.1 Å². The summed E-state index contributed by atoms with van der Waals surface area (Å²) in [7, 11) is 0. The number of piperidine rings is 1. The molecule has 1 aromatic carbocycles. The lowest BCUT2D eigenvalue weighted by Crippen LogP contribution is -2.31. The van der Waals surface area contributed by atoms with Crippen LogP contribution in [0.2, 0.25) is 0 Å². The summed E-state index contributed by atoms with van der Waals surface area (Å²) in [4.78, 5) is 11.4. The molecular formula is C12H18N4O2S. The molecule has 0 amide bonds. The molecule has 1 heterocycles. The molecule has 7 heteroatoms. The molecule has 1 saturated heterocycles. The fourth-order valence-electron chi connectivity index (χ4n) is 2.23. The average Bonchev–Trinajstić information content (AvgIpc) is 2.46. The molecule has 1 aromatic rings. The number of nitrogens with one attached hydrogen (secondary N) is 2. The van der Waals surface area contributed by atoms with E-state index in [-0.39, 0.29) is 10.6 Å². The predicted molar refractivity (Wildman–Crippen MR) is 77.2 cm³/mol. The molecule has 0 bridgehead atoms. The zero-order valence-electron chi connectivity index (χ0n) is 10.6. The second kappa shape index (κ2) is 6.74. The normalized spacial score (nSPS) is 16.3. The van der Waals surface area contributed by atoms with Crippen LogP contribution in [-0.4, -0.2) is 24.6 Å². The number of anilines is 1. The average molecular weight is 282 g/mol. The van der Waals surface area contributed by atoms with Crippen LogP contribution in [0, 0.1) is 16.0 Å². The first-order chi connectivity index (χ1) is 9.20. The van der Waals surface area contributed by atoms with Gasteiger partial charge in [0.1, 0.15) is 5.69 Å². The SMILES string of the molecule is NSc1ccc(NCC2CCNCC2)c([N+](=O)[O-])c1. The van der Waals surface area contributed by atoms with Crippen molar-refractivity contribution in [3.63, 3.8) is 0 Å². The van der Waals surface area contributed by atoms with E-state index in [2.05, 4.69) is 10.6 Å². The summed E-state index contributed by atoms with van der Waals surface area (Å²) in [5.74, 6) is 0.574. The van der Waals surface area contributed by atoms with Gasteiger partial charge in [-0.25, -0.2) is 0 Å². The molecule has 0 saturated carbocycles. The fraction of sp³-hybridized carbons (Fsp3) is 0.500. The van der Waals surface area contributed by atoms with Crippen molar-refractivity contribution >= 4 is 23.3 Å². The third-order valence-corrected chi connectivity index (χ3v) is 3.87. The second-order valence-corrected chi connectivity index (χ2v) is 5.34. The van der Waals surface area contributed by atoms with E-state index < -0.39 is 0 Å². The standard InChI is InChI=1S/C12H18N4O2S/c13-19-10-1-2-11(12(7-10)16(17)18)15-8-9-3-5-14-6-4-9/h1-2,7,9,14-15H,3-6,8,13H2. The fourth-order valence-corrected chi connectivity index (χ4v) is 2.55. The van der Waals surface area contributed by atoms with Gasteiger partial charge in [0.2, 0.25) is 0 Å². The first kappa shape index (κ1) is 14.1. The molecule has 1 aliphatic heterocycles. The van der Waals surface area contributed by atoms with E-state index in [0.29, 0.717) is 16.5 Å². The van der Waals surface area contributed by atoms with Crippen LogP contribution < -0.4 is 15.8 Å². The van der Waals surface area contributed by atoms with Crippen molar-refractivity contribution in [1.82, 2.24) is 5.32 Å². The third-order valence-electron chi connectivity index (χ3n) is 3.34. The molecule has 19 heavy (non-hydrogen) atoms. The second-order valence-electron chi connectivity index (χ2n) is 4.63. The van der Waals surface area contributed by atoms with Crippen LogP contribution >= 0.6 is 11.9 Å². The van der Waals surface area contributed by atoms with E-state index in [1.165, 1.54) is 6.07 Å². The molecule has 0 unspecified atom stereocenters. The monoisotopic (exact) mass is 282 g/mol. The van der Waals surface area contributed by atoms with Crippen molar-refractivity contribution in [3.05, 3.63) is 28.3 Å². The van der Waals surface area contributed by atoms with E-state index >= 15 is 0 Å². The van der Waals surface area contributed by atoms with Gasteiger partial charge in [0.25, 0.3) is 5.69 Å². The van der Waals surface area contributed by atoms with Crippen LogP contribution in [0.25, 0.3) is 0 Å². The van der Waals surface area contributed by atoms with Gasteiger partial charge in [-0.1, -0.05) is 0 Å². The van der Waals surface area contributed by atoms with Gasteiger partial charge in [-0.05, 0) is 55.9 Å². The van der Waals surface area contributed by atoms with E-state index in [1.807, 2.05) is 0 Å². The summed E-state index contributed by atoms with van der Waals surface area (Å²) in [6.45, 7) is 2.83. The van der Waals surface area contributed by atoms with Crippen molar-refractivity contribution in [2.45, 2.75) is 17.7 Å². The molecule has 0 spiro atoms. The zero-order valence-corrected chi connectivity index (χ0v) is 11.4. The van der Waals surface area contributed by atoms with E-state index in [4.69, 9.17) is 5.14 Å². The van der Waals surface area contributed by atoms with Crippen molar-refractivity contribution in [2.75, 3.05) is 25.0 Å². The van der Waals surface area contributed by atoms with Gasteiger partial charge in [0, 0.05) is 17.5 Å². The van der Waals surface area contributed by atoms with Crippen molar-refractivity contribution < 1.29 is 4.92 Å². The molecule has 0 aliphatic carbocycles. The Morgan fingerprint density at radius 3 is 2.84 bits per heavy atom. The molecule has 0 atom stereocenters. The molecule has 104 valence electrons. The van der Waals surface area contributed by atoms with Crippen LogP contribution in [0.1, 0.15) is 12.8 Å². The summed E-state index contributed by atoms with van der Waals surface area (Å²) < 4.78 is 0. The Morgan fingerprint density at radius 2 is 2.21 bits per heavy atom. The summed E-state index contributed by atoms with van der Waals surface area (Å²) in [5.41, 5.74) is 0.658. The van der Waals surface area contributed by atoms with Gasteiger partial charge in [-0.15, -0.1) is 0 Å². The maximum atomic E-state index is 11.0. The highest BCUT2D eigenvalue weighted by molar-refractivity contribution is 7.97. The molecule has 0 aromatic heterocycles. The Bertz CT molecular complexity index is 449. The van der Waals surface area contributed by atoms with Crippen LogP contribution in [-0.2, 0) is 0 Å². The Morgan fingerprint density at radius 1 is 1.47 bits per heavy atom. The van der Waals surface area contributed by atoms with Crippen molar-refractivity contribution in [2.24, 2.45) is 11.1 Å². The largest absolute Gasteiger partial charge is 0.379 e. The summed E-state index contributed by atoms with van der Waals surface area (Å²) >= 11 is 1.01. The van der Waals surface area contributed by atoms with Gasteiger partial charge in [0.15, 0.2) is 0 Å². The molecule has 1 fully saturated rings. The van der Waals surface area contributed by atoms with Gasteiger partial charge in [-0.2, -0.15) is 0 Å². The van der Waals surface area contributed by atoms with Crippen LogP contribution in [0.4, 0.5) is 11.4 Å². The van der Waals surface area contributed by atoms with Crippen LogP contribution in [0.15, 0.2) is 23.1 Å². The molecule has 0 radical (unpaired) electrons. The summed E-state index contributed by atoms with van der Waals surface area (Å²) in [6.07, 6.45) is 2.22. The Labute approximate surface area is 116 Å². The molecule has 2 rings (SSSR count). The molecule has 4 N–H and O–H groups in total. The molecule has 1 aliphatic rings. The number of benzene rings is 1.